The summed E-state index contributed by atoms with van der Waals surface area (Å²) in [6.45, 7) is 3.73. The quantitative estimate of drug-likeness (QED) is 0.544. The Balaban J connectivity index is 1.22. The number of hydrogen-bond acceptors (Lipinski definition) is 7. The Kier molecular flexibility index (Phi) is 6.78. The standard InChI is InChI=1S/C25H25ClFN7O/c26-21-15-18(7-8-22(21)27)29-24(35)17-32-11-13-33(14-12-32)25-20-6-2-1-5-19(20)23(30-31-25)16-34-10-4-3-9-28-34/h1-10,15,28H,11-14,16-17H2,(H,29,35). The fraction of sp³-hybridized carbons (Fsp3) is 0.240. The van der Waals surface area contributed by atoms with Crippen LogP contribution in [0.5, 0.6) is 0 Å². The molecule has 0 bridgehead atoms. The van der Waals surface area contributed by atoms with Crippen LogP contribution in [0.1, 0.15) is 5.69 Å². The third kappa shape index (κ3) is 5.36. The average Bonchev–Trinajstić information content (AvgIpc) is 2.88. The lowest BCUT2D eigenvalue weighted by Crippen LogP contribution is -2.49. The summed E-state index contributed by atoms with van der Waals surface area (Å²) in [6, 6.07) is 12.3. The van der Waals surface area contributed by atoms with Gasteiger partial charge in [-0.3, -0.25) is 14.7 Å². The van der Waals surface area contributed by atoms with Gasteiger partial charge in [0, 0.05) is 55.0 Å². The van der Waals surface area contributed by atoms with Gasteiger partial charge in [0.2, 0.25) is 5.91 Å². The van der Waals surface area contributed by atoms with E-state index in [-0.39, 0.29) is 17.5 Å². The highest BCUT2D eigenvalue weighted by Gasteiger charge is 2.23. The minimum Gasteiger partial charge on any atom is -0.352 e. The maximum absolute atomic E-state index is 13.3. The highest BCUT2D eigenvalue weighted by Crippen LogP contribution is 2.27. The van der Waals surface area contributed by atoms with Crippen molar-refractivity contribution in [2.24, 2.45) is 0 Å². The lowest BCUT2D eigenvalue weighted by Gasteiger charge is -2.35. The molecule has 2 aliphatic rings. The Hall–Kier alpha value is -3.69. The molecule has 2 aromatic carbocycles. The number of nitrogens with one attached hydrogen (secondary N) is 2. The summed E-state index contributed by atoms with van der Waals surface area (Å²) in [6.07, 6.45) is 7.74. The highest BCUT2D eigenvalue weighted by atomic mass is 35.5. The first-order valence-corrected chi connectivity index (χ1v) is 11.8. The molecule has 0 aliphatic carbocycles. The van der Waals surface area contributed by atoms with Crippen molar-refractivity contribution in [3.8, 4) is 0 Å². The number of anilines is 2. The Morgan fingerprint density at radius 1 is 1.06 bits per heavy atom. The molecule has 1 saturated heterocycles. The zero-order chi connectivity index (χ0) is 24.2. The fourth-order valence-electron chi connectivity index (χ4n) is 4.24. The summed E-state index contributed by atoms with van der Waals surface area (Å²) < 4.78 is 13.3. The first-order chi connectivity index (χ1) is 17.1. The molecule has 35 heavy (non-hydrogen) atoms. The minimum absolute atomic E-state index is 0.0173. The van der Waals surface area contributed by atoms with E-state index in [4.69, 9.17) is 11.6 Å². The van der Waals surface area contributed by atoms with E-state index >= 15 is 0 Å². The molecule has 1 fully saturated rings. The minimum atomic E-state index is -0.512. The second kappa shape index (κ2) is 10.3. The maximum Gasteiger partial charge on any atom is 0.238 e. The van der Waals surface area contributed by atoms with Gasteiger partial charge in [-0.05, 0) is 30.4 Å². The molecule has 180 valence electrons. The van der Waals surface area contributed by atoms with Crippen LogP contribution < -0.4 is 15.6 Å². The van der Waals surface area contributed by atoms with E-state index in [1.807, 2.05) is 41.7 Å². The Morgan fingerprint density at radius 2 is 1.86 bits per heavy atom. The summed E-state index contributed by atoms with van der Waals surface area (Å²) in [5, 5.41) is 16.0. The van der Waals surface area contributed by atoms with Crippen molar-refractivity contribution in [2.45, 2.75) is 6.54 Å². The number of nitrogens with zero attached hydrogens (tertiary/aromatic N) is 5. The number of aromatic nitrogens is 2. The number of allylic oxidation sites excluding steroid dienone is 2. The van der Waals surface area contributed by atoms with Crippen molar-refractivity contribution in [1.29, 1.82) is 0 Å². The molecule has 0 unspecified atom stereocenters. The largest absolute Gasteiger partial charge is 0.352 e. The molecule has 3 heterocycles. The van der Waals surface area contributed by atoms with Gasteiger partial charge in [0.05, 0.1) is 23.8 Å². The molecular weight excluding hydrogens is 469 g/mol. The van der Waals surface area contributed by atoms with E-state index in [0.717, 1.165) is 35.4 Å². The van der Waals surface area contributed by atoms with Crippen LogP contribution in [-0.2, 0) is 11.3 Å². The van der Waals surface area contributed by atoms with E-state index in [2.05, 4.69) is 42.9 Å². The summed E-state index contributed by atoms with van der Waals surface area (Å²) in [7, 11) is 0. The predicted molar refractivity (Wildman–Crippen MR) is 135 cm³/mol. The predicted octanol–water partition coefficient (Wildman–Crippen LogP) is 3.53. The zero-order valence-electron chi connectivity index (χ0n) is 19.0. The number of hydrogen-bond donors (Lipinski definition) is 2. The number of benzene rings is 2. The first kappa shape index (κ1) is 23.1. The third-order valence-corrected chi connectivity index (χ3v) is 6.31. The number of amides is 1. The van der Waals surface area contributed by atoms with Gasteiger partial charge in [0.25, 0.3) is 0 Å². The molecule has 0 radical (unpaired) electrons. The second-order valence-corrected chi connectivity index (χ2v) is 8.82. The number of carbonyl (C=O) groups excluding carboxylic acids is 1. The lowest BCUT2D eigenvalue weighted by atomic mass is 10.1. The van der Waals surface area contributed by atoms with Crippen LogP contribution >= 0.6 is 11.6 Å². The number of hydrazine groups is 1. The molecule has 0 spiro atoms. The molecule has 2 N–H and O–H groups in total. The third-order valence-electron chi connectivity index (χ3n) is 6.02. The van der Waals surface area contributed by atoms with Gasteiger partial charge in [-0.15, -0.1) is 5.10 Å². The van der Waals surface area contributed by atoms with Crippen LogP contribution in [0.2, 0.25) is 5.02 Å². The number of rotatable bonds is 6. The molecule has 3 aromatic rings. The summed E-state index contributed by atoms with van der Waals surface area (Å²) in [5.41, 5.74) is 4.55. The van der Waals surface area contributed by atoms with Gasteiger partial charge < -0.3 is 15.6 Å². The van der Waals surface area contributed by atoms with Gasteiger partial charge in [0.1, 0.15) is 5.82 Å². The average molecular weight is 494 g/mol. The molecule has 10 heteroatoms. The molecule has 1 amide bonds. The molecule has 5 rings (SSSR count). The monoisotopic (exact) mass is 493 g/mol. The normalized spacial score (nSPS) is 15.9. The van der Waals surface area contributed by atoms with Crippen molar-refractivity contribution >= 4 is 39.8 Å². The Bertz CT molecular complexity index is 1290. The van der Waals surface area contributed by atoms with E-state index in [1.54, 1.807) is 0 Å². The molecule has 1 aromatic heterocycles. The fourth-order valence-corrected chi connectivity index (χ4v) is 4.42. The second-order valence-electron chi connectivity index (χ2n) is 8.41. The smallest absolute Gasteiger partial charge is 0.238 e. The summed E-state index contributed by atoms with van der Waals surface area (Å²) in [5.74, 6) is 0.184. The molecule has 0 saturated carbocycles. The molecule has 0 atom stereocenters. The summed E-state index contributed by atoms with van der Waals surface area (Å²) >= 11 is 5.80. The van der Waals surface area contributed by atoms with E-state index in [1.165, 1.54) is 18.2 Å². The van der Waals surface area contributed by atoms with Gasteiger partial charge in [0.15, 0.2) is 5.82 Å². The number of halogens is 2. The van der Waals surface area contributed by atoms with Crippen LogP contribution in [-0.4, -0.2) is 58.7 Å². The maximum atomic E-state index is 13.3. The number of carbonyl (C=O) groups is 1. The van der Waals surface area contributed by atoms with Crippen LogP contribution in [0.3, 0.4) is 0 Å². The summed E-state index contributed by atoms with van der Waals surface area (Å²) in [4.78, 5) is 16.8. The SMILES string of the molecule is O=C(CN1CCN(c2nnc(CN3C=CC=CN3)c3ccccc23)CC1)Nc1ccc(F)c(Cl)c1. The lowest BCUT2D eigenvalue weighted by molar-refractivity contribution is -0.117. The zero-order valence-corrected chi connectivity index (χ0v) is 19.7. The van der Waals surface area contributed by atoms with Crippen molar-refractivity contribution < 1.29 is 9.18 Å². The van der Waals surface area contributed by atoms with Gasteiger partial charge in [-0.2, -0.15) is 5.10 Å². The van der Waals surface area contributed by atoms with Gasteiger partial charge in [-0.25, -0.2) is 4.39 Å². The van der Waals surface area contributed by atoms with Crippen LogP contribution in [0.4, 0.5) is 15.9 Å². The molecular formula is C25H25ClFN7O. The highest BCUT2D eigenvalue weighted by molar-refractivity contribution is 6.31. The topological polar surface area (TPSA) is 76.6 Å². The van der Waals surface area contributed by atoms with Gasteiger partial charge in [-0.1, -0.05) is 35.9 Å². The molecule has 2 aliphatic heterocycles. The Labute approximate surface area is 207 Å². The van der Waals surface area contributed by atoms with Crippen LogP contribution in [0, 0.1) is 5.82 Å². The molecule has 8 nitrogen and oxygen atoms in total. The van der Waals surface area contributed by atoms with Crippen molar-refractivity contribution in [3.63, 3.8) is 0 Å². The van der Waals surface area contributed by atoms with Crippen LogP contribution in [0.15, 0.2) is 67.0 Å². The van der Waals surface area contributed by atoms with E-state index in [9.17, 15) is 9.18 Å². The van der Waals surface area contributed by atoms with E-state index < -0.39 is 5.82 Å². The van der Waals surface area contributed by atoms with Crippen molar-refractivity contribution in [1.82, 2.24) is 25.5 Å². The van der Waals surface area contributed by atoms with Gasteiger partial charge >= 0.3 is 0 Å². The van der Waals surface area contributed by atoms with Crippen LogP contribution in [0.25, 0.3) is 10.8 Å². The first-order valence-electron chi connectivity index (χ1n) is 11.4. The number of fused-ring (bicyclic) bond motifs is 1. The van der Waals surface area contributed by atoms with Crippen molar-refractivity contribution in [3.05, 3.63) is 83.6 Å². The van der Waals surface area contributed by atoms with Crippen molar-refractivity contribution in [2.75, 3.05) is 42.9 Å². The Morgan fingerprint density at radius 3 is 2.60 bits per heavy atom. The van der Waals surface area contributed by atoms with E-state index in [0.29, 0.717) is 25.3 Å². The number of piperazine rings is 1.